The average Bonchev–Trinajstić information content (AvgIpc) is 3.10. The minimum Gasteiger partial charge on any atom is -0.508 e. The van der Waals surface area contributed by atoms with Crippen LogP contribution in [-0.2, 0) is 6.42 Å². The van der Waals surface area contributed by atoms with E-state index in [0.29, 0.717) is 18.4 Å². The van der Waals surface area contributed by atoms with Gasteiger partial charge in [-0.3, -0.25) is 4.90 Å². The van der Waals surface area contributed by atoms with Crippen LogP contribution in [0.5, 0.6) is 5.75 Å². The van der Waals surface area contributed by atoms with E-state index in [1.54, 1.807) is 24.3 Å². The van der Waals surface area contributed by atoms with Crippen molar-refractivity contribution in [3.8, 4) is 5.75 Å². The van der Waals surface area contributed by atoms with Crippen molar-refractivity contribution in [2.45, 2.75) is 31.0 Å². The van der Waals surface area contributed by atoms with Crippen LogP contribution in [0, 0.1) is 11.8 Å². The highest BCUT2D eigenvalue weighted by Gasteiger charge is 2.48. The fraction of sp³-hybridized carbons (Fsp3) is 0.455. The van der Waals surface area contributed by atoms with Gasteiger partial charge in [-0.2, -0.15) is 0 Å². The molecule has 3 unspecified atom stereocenters. The molecule has 0 amide bonds. The van der Waals surface area contributed by atoms with Crippen molar-refractivity contribution in [3.63, 3.8) is 0 Å². The van der Waals surface area contributed by atoms with E-state index < -0.39 is 11.7 Å². The number of hydrogen-bond acceptors (Lipinski definition) is 4. The summed E-state index contributed by atoms with van der Waals surface area (Å²) in [5.74, 6) is 1.24. The standard InChI is InChI=1S/C22H27NO3/c24-20-8-6-17(7-9-20)21(25)15-23-13-18-11-22(26,12-19(18)14-23)10-16-4-2-1-3-5-16/h1-9,18-19,21,24-26H,10-15H2. The highest BCUT2D eigenvalue weighted by molar-refractivity contribution is 5.27. The first-order chi connectivity index (χ1) is 12.5. The number of phenolic OH excluding ortho intramolecular Hbond substituents is 1. The van der Waals surface area contributed by atoms with E-state index in [1.165, 1.54) is 5.56 Å². The zero-order valence-corrected chi connectivity index (χ0v) is 15.0. The third-order valence-electron chi connectivity index (χ3n) is 6.02. The number of fused-ring (bicyclic) bond motifs is 1. The number of aromatic hydroxyl groups is 1. The van der Waals surface area contributed by atoms with Gasteiger partial charge in [0.25, 0.3) is 0 Å². The van der Waals surface area contributed by atoms with E-state index in [2.05, 4.69) is 17.0 Å². The predicted molar refractivity (Wildman–Crippen MR) is 101 cm³/mol. The summed E-state index contributed by atoms with van der Waals surface area (Å²) in [6.45, 7) is 2.49. The molecule has 4 rings (SSSR count). The molecule has 3 N–H and O–H groups in total. The SMILES string of the molecule is Oc1ccc(C(O)CN2CC3CC(O)(Cc4ccccc4)CC3C2)cc1. The summed E-state index contributed by atoms with van der Waals surface area (Å²) in [6, 6.07) is 17.0. The highest BCUT2D eigenvalue weighted by atomic mass is 16.3. The van der Waals surface area contributed by atoms with Gasteiger partial charge in [-0.1, -0.05) is 42.5 Å². The van der Waals surface area contributed by atoms with Crippen LogP contribution in [0.4, 0.5) is 0 Å². The molecule has 1 saturated heterocycles. The lowest BCUT2D eigenvalue weighted by Crippen LogP contribution is -2.33. The van der Waals surface area contributed by atoms with Gasteiger partial charge in [-0.15, -0.1) is 0 Å². The Balaban J connectivity index is 1.32. The first kappa shape index (κ1) is 17.5. The van der Waals surface area contributed by atoms with Gasteiger partial charge in [0.15, 0.2) is 0 Å². The summed E-state index contributed by atoms with van der Waals surface area (Å²) >= 11 is 0. The van der Waals surface area contributed by atoms with Crippen molar-refractivity contribution in [1.29, 1.82) is 0 Å². The molecule has 1 aliphatic heterocycles. The molecule has 2 fully saturated rings. The Kier molecular flexibility index (Phi) is 4.74. The van der Waals surface area contributed by atoms with Crippen LogP contribution >= 0.6 is 0 Å². The Morgan fingerprint density at radius 1 is 0.962 bits per heavy atom. The van der Waals surface area contributed by atoms with E-state index in [0.717, 1.165) is 37.9 Å². The van der Waals surface area contributed by atoms with E-state index >= 15 is 0 Å². The topological polar surface area (TPSA) is 63.9 Å². The van der Waals surface area contributed by atoms with Gasteiger partial charge in [0.2, 0.25) is 0 Å². The Bertz CT molecular complexity index is 717. The molecule has 1 heterocycles. The van der Waals surface area contributed by atoms with Crippen molar-refractivity contribution in [3.05, 3.63) is 65.7 Å². The summed E-state index contributed by atoms with van der Waals surface area (Å²) in [5, 5.41) is 30.9. The molecule has 4 heteroatoms. The Hall–Kier alpha value is -1.88. The number of β-amino-alcohol motifs (C(OH)–C–C–N with tert-alkyl or cyclic N) is 1. The third kappa shape index (κ3) is 3.78. The van der Waals surface area contributed by atoms with Gasteiger partial charge in [0, 0.05) is 26.1 Å². The van der Waals surface area contributed by atoms with Crippen LogP contribution in [0.25, 0.3) is 0 Å². The molecule has 138 valence electrons. The molecule has 0 aromatic heterocycles. The molecule has 0 radical (unpaired) electrons. The minimum atomic E-state index is -0.585. The van der Waals surface area contributed by atoms with E-state index in [-0.39, 0.29) is 5.75 Å². The molecular weight excluding hydrogens is 326 g/mol. The first-order valence-electron chi connectivity index (χ1n) is 9.46. The van der Waals surface area contributed by atoms with Crippen molar-refractivity contribution in [2.24, 2.45) is 11.8 Å². The molecular formula is C22H27NO3. The molecule has 0 spiro atoms. The monoisotopic (exact) mass is 353 g/mol. The quantitative estimate of drug-likeness (QED) is 0.773. The average molecular weight is 353 g/mol. The van der Waals surface area contributed by atoms with Gasteiger partial charge in [-0.25, -0.2) is 0 Å². The zero-order chi connectivity index (χ0) is 18.1. The molecule has 3 atom stereocenters. The van der Waals surface area contributed by atoms with E-state index in [9.17, 15) is 15.3 Å². The molecule has 2 aromatic rings. The van der Waals surface area contributed by atoms with Crippen LogP contribution in [0.2, 0.25) is 0 Å². The van der Waals surface area contributed by atoms with Crippen LogP contribution in [0.15, 0.2) is 54.6 Å². The number of hydrogen-bond donors (Lipinski definition) is 3. The summed E-state index contributed by atoms with van der Waals surface area (Å²) < 4.78 is 0. The zero-order valence-electron chi connectivity index (χ0n) is 15.0. The van der Waals surface area contributed by atoms with Crippen LogP contribution in [0.1, 0.15) is 30.1 Å². The van der Waals surface area contributed by atoms with Crippen LogP contribution in [-0.4, -0.2) is 45.5 Å². The van der Waals surface area contributed by atoms with Gasteiger partial charge >= 0.3 is 0 Å². The fourth-order valence-electron chi connectivity index (χ4n) is 4.87. The largest absolute Gasteiger partial charge is 0.508 e. The lowest BCUT2D eigenvalue weighted by atomic mass is 9.91. The van der Waals surface area contributed by atoms with Gasteiger partial charge in [0.1, 0.15) is 5.75 Å². The maximum absolute atomic E-state index is 11.0. The summed E-state index contributed by atoms with van der Waals surface area (Å²) in [5.41, 5.74) is 1.45. The molecule has 2 aromatic carbocycles. The maximum Gasteiger partial charge on any atom is 0.115 e. The second-order valence-corrected chi connectivity index (χ2v) is 8.14. The first-order valence-corrected chi connectivity index (χ1v) is 9.46. The third-order valence-corrected chi connectivity index (χ3v) is 6.02. The van der Waals surface area contributed by atoms with Crippen LogP contribution in [0.3, 0.4) is 0 Å². The van der Waals surface area contributed by atoms with Crippen molar-refractivity contribution < 1.29 is 15.3 Å². The van der Waals surface area contributed by atoms with Gasteiger partial charge in [-0.05, 0) is 47.9 Å². The minimum absolute atomic E-state index is 0.217. The number of likely N-dealkylation sites (tertiary alicyclic amines) is 1. The Morgan fingerprint density at radius 2 is 1.58 bits per heavy atom. The number of rotatable bonds is 5. The highest BCUT2D eigenvalue weighted by Crippen LogP contribution is 2.45. The lowest BCUT2D eigenvalue weighted by molar-refractivity contribution is 0.0328. The van der Waals surface area contributed by atoms with Gasteiger partial charge < -0.3 is 15.3 Å². The second-order valence-electron chi connectivity index (χ2n) is 8.14. The number of benzene rings is 2. The predicted octanol–water partition coefficient (Wildman–Crippen LogP) is 2.74. The lowest BCUT2D eigenvalue weighted by Gasteiger charge is -2.27. The van der Waals surface area contributed by atoms with E-state index in [1.807, 2.05) is 18.2 Å². The van der Waals surface area contributed by atoms with Crippen molar-refractivity contribution in [2.75, 3.05) is 19.6 Å². The fourth-order valence-corrected chi connectivity index (χ4v) is 4.87. The summed E-state index contributed by atoms with van der Waals surface area (Å²) in [7, 11) is 0. The molecule has 4 nitrogen and oxygen atoms in total. The number of aliphatic hydroxyl groups is 2. The molecule has 1 saturated carbocycles. The normalized spacial score (nSPS) is 29.6. The van der Waals surface area contributed by atoms with Gasteiger partial charge in [0.05, 0.1) is 11.7 Å². The molecule has 1 aliphatic carbocycles. The summed E-state index contributed by atoms with van der Waals surface area (Å²) in [4.78, 5) is 2.31. The van der Waals surface area contributed by atoms with E-state index in [4.69, 9.17) is 0 Å². The Morgan fingerprint density at radius 3 is 2.19 bits per heavy atom. The summed E-state index contributed by atoms with van der Waals surface area (Å²) in [6.07, 6.45) is 1.88. The smallest absolute Gasteiger partial charge is 0.115 e. The number of nitrogens with zero attached hydrogens (tertiary/aromatic N) is 1. The molecule has 2 aliphatic rings. The van der Waals surface area contributed by atoms with Crippen molar-refractivity contribution in [1.82, 2.24) is 4.90 Å². The maximum atomic E-state index is 11.0. The second kappa shape index (κ2) is 7.03. The Labute approximate surface area is 154 Å². The molecule has 26 heavy (non-hydrogen) atoms. The number of phenols is 1. The number of aliphatic hydroxyl groups excluding tert-OH is 1. The van der Waals surface area contributed by atoms with Crippen LogP contribution < -0.4 is 0 Å². The van der Waals surface area contributed by atoms with Crippen molar-refractivity contribution >= 4 is 0 Å². The molecule has 0 bridgehead atoms.